The van der Waals surface area contributed by atoms with Crippen LogP contribution in [0.25, 0.3) is 0 Å². The van der Waals surface area contributed by atoms with E-state index in [0.29, 0.717) is 6.04 Å². The topological polar surface area (TPSA) is 26.0 Å². The van der Waals surface area contributed by atoms with Crippen LogP contribution in [0.2, 0.25) is 0 Å². The van der Waals surface area contributed by atoms with E-state index in [9.17, 15) is 0 Å². The Hall–Kier alpha value is -0.300. The van der Waals surface area contributed by atoms with Gasteiger partial charge in [-0.1, -0.05) is 18.1 Å². The molecule has 3 aliphatic carbocycles. The Kier molecular flexibility index (Phi) is 2.59. The molecule has 2 saturated carbocycles. The van der Waals surface area contributed by atoms with Crippen LogP contribution in [0.3, 0.4) is 0 Å². The lowest BCUT2D eigenvalue weighted by Crippen LogP contribution is -2.22. The maximum atomic E-state index is 5.92. The quantitative estimate of drug-likeness (QED) is 0.688. The average Bonchev–Trinajstić information content (AvgIpc) is 2.83. The van der Waals surface area contributed by atoms with E-state index in [0.717, 1.165) is 24.2 Å². The molecule has 0 aromatic rings. The van der Waals surface area contributed by atoms with Gasteiger partial charge in [-0.25, -0.2) is 0 Å². The first-order valence-corrected chi connectivity index (χ1v) is 6.74. The predicted molar refractivity (Wildman–Crippen MR) is 63.5 cm³/mol. The minimum absolute atomic E-state index is 0.453. The molecule has 1 nitrogen and oxygen atoms in total. The van der Waals surface area contributed by atoms with E-state index in [1.807, 2.05) is 0 Å². The molecule has 0 radical (unpaired) electrons. The second-order valence-corrected chi connectivity index (χ2v) is 6.04. The van der Waals surface area contributed by atoms with Gasteiger partial charge in [-0.05, 0) is 62.7 Å². The summed E-state index contributed by atoms with van der Waals surface area (Å²) in [5, 5.41) is 0. The van der Waals surface area contributed by atoms with Gasteiger partial charge in [-0.2, -0.15) is 0 Å². The van der Waals surface area contributed by atoms with Crippen molar-refractivity contribution in [1.82, 2.24) is 0 Å². The fourth-order valence-electron chi connectivity index (χ4n) is 4.06. The zero-order valence-corrected chi connectivity index (χ0v) is 9.62. The second kappa shape index (κ2) is 3.93. The fourth-order valence-corrected chi connectivity index (χ4v) is 4.06. The van der Waals surface area contributed by atoms with Gasteiger partial charge in [0.25, 0.3) is 0 Å². The molecule has 0 aromatic heterocycles. The zero-order valence-electron chi connectivity index (χ0n) is 9.62. The van der Waals surface area contributed by atoms with E-state index in [2.05, 4.69) is 6.08 Å². The molecule has 4 unspecified atom stereocenters. The summed E-state index contributed by atoms with van der Waals surface area (Å²) in [6.07, 6.45) is 13.7. The summed E-state index contributed by atoms with van der Waals surface area (Å²) in [5.41, 5.74) is 7.65. The lowest BCUT2D eigenvalue weighted by Gasteiger charge is -2.25. The van der Waals surface area contributed by atoms with Crippen LogP contribution in [0.5, 0.6) is 0 Å². The van der Waals surface area contributed by atoms with E-state index in [1.165, 1.54) is 38.5 Å². The lowest BCUT2D eigenvalue weighted by molar-refractivity contribution is 0.326. The average molecular weight is 205 g/mol. The number of hydrogen-bond donors (Lipinski definition) is 1. The highest BCUT2D eigenvalue weighted by molar-refractivity contribution is 5.10. The SMILES string of the molecule is NC1CC=C(CC2CC3CCC2C3)CC1. The van der Waals surface area contributed by atoms with Crippen LogP contribution in [0.1, 0.15) is 51.4 Å². The maximum absolute atomic E-state index is 5.92. The van der Waals surface area contributed by atoms with Crippen molar-refractivity contribution in [3.05, 3.63) is 11.6 Å². The van der Waals surface area contributed by atoms with Gasteiger partial charge < -0.3 is 5.73 Å². The summed E-state index contributed by atoms with van der Waals surface area (Å²) in [4.78, 5) is 0. The zero-order chi connectivity index (χ0) is 10.3. The first-order valence-electron chi connectivity index (χ1n) is 6.74. The summed E-state index contributed by atoms with van der Waals surface area (Å²) in [7, 11) is 0. The van der Waals surface area contributed by atoms with Crippen molar-refractivity contribution in [3.8, 4) is 0 Å². The molecule has 2 fully saturated rings. The highest BCUT2D eigenvalue weighted by Crippen LogP contribution is 2.50. The summed E-state index contributed by atoms with van der Waals surface area (Å²) in [5.74, 6) is 3.24. The third-order valence-corrected chi connectivity index (χ3v) is 4.95. The van der Waals surface area contributed by atoms with Crippen LogP contribution in [-0.2, 0) is 0 Å². The van der Waals surface area contributed by atoms with E-state index in [4.69, 9.17) is 5.73 Å². The number of rotatable bonds is 2. The highest BCUT2D eigenvalue weighted by Gasteiger charge is 2.39. The van der Waals surface area contributed by atoms with Crippen LogP contribution < -0.4 is 5.73 Å². The second-order valence-electron chi connectivity index (χ2n) is 6.04. The summed E-state index contributed by atoms with van der Waals surface area (Å²) >= 11 is 0. The van der Waals surface area contributed by atoms with Crippen LogP contribution in [0.4, 0.5) is 0 Å². The van der Waals surface area contributed by atoms with E-state index >= 15 is 0 Å². The van der Waals surface area contributed by atoms with Crippen molar-refractivity contribution in [3.63, 3.8) is 0 Å². The van der Waals surface area contributed by atoms with Gasteiger partial charge in [0.2, 0.25) is 0 Å². The van der Waals surface area contributed by atoms with Gasteiger partial charge in [-0.3, -0.25) is 0 Å². The van der Waals surface area contributed by atoms with Crippen molar-refractivity contribution >= 4 is 0 Å². The summed E-state index contributed by atoms with van der Waals surface area (Å²) < 4.78 is 0. The number of fused-ring (bicyclic) bond motifs is 2. The maximum Gasteiger partial charge on any atom is 0.00765 e. The van der Waals surface area contributed by atoms with E-state index in [1.54, 1.807) is 12.0 Å². The Bertz CT molecular complexity index is 269. The Labute approximate surface area is 93.1 Å². The minimum Gasteiger partial charge on any atom is -0.327 e. The van der Waals surface area contributed by atoms with Crippen molar-refractivity contribution in [1.29, 1.82) is 0 Å². The molecule has 0 aliphatic heterocycles. The molecule has 4 atom stereocenters. The molecule has 3 aliphatic rings. The number of allylic oxidation sites excluding steroid dienone is 1. The van der Waals surface area contributed by atoms with Crippen molar-refractivity contribution in [2.24, 2.45) is 23.5 Å². The molecule has 0 heterocycles. The van der Waals surface area contributed by atoms with E-state index < -0.39 is 0 Å². The molecule has 0 amide bonds. The highest BCUT2D eigenvalue weighted by atomic mass is 14.6. The van der Waals surface area contributed by atoms with Crippen molar-refractivity contribution in [2.75, 3.05) is 0 Å². The molecule has 3 rings (SSSR count). The monoisotopic (exact) mass is 205 g/mol. The van der Waals surface area contributed by atoms with Crippen molar-refractivity contribution < 1.29 is 0 Å². The van der Waals surface area contributed by atoms with Crippen molar-refractivity contribution in [2.45, 2.75) is 57.4 Å². The standard InChI is InChI=1S/C14H23N/c15-14-5-2-10(3-6-14)7-13-9-11-1-4-12(13)8-11/h2,11-14H,1,3-9,15H2. The Morgan fingerprint density at radius 3 is 2.73 bits per heavy atom. The summed E-state index contributed by atoms with van der Waals surface area (Å²) in [6.45, 7) is 0. The van der Waals surface area contributed by atoms with Crippen LogP contribution in [0, 0.1) is 17.8 Å². The van der Waals surface area contributed by atoms with Gasteiger partial charge in [0.1, 0.15) is 0 Å². The Morgan fingerprint density at radius 2 is 2.13 bits per heavy atom. The molecule has 0 saturated heterocycles. The van der Waals surface area contributed by atoms with E-state index in [-0.39, 0.29) is 0 Å². The van der Waals surface area contributed by atoms with Crippen LogP contribution in [-0.4, -0.2) is 6.04 Å². The third kappa shape index (κ3) is 1.99. The fraction of sp³-hybridized carbons (Fsp3) is 0.857. The predicted octanol–water partition coefficient (Wildman–Crippen LogP) is 3.25. The molecule has 0 spiro atoms. The Balaban J connectivity index is 1.57. The molecule has 15 heavy (non-hydrogen) atoms. The van der Waals surface area contributed by atoms with Gasteiger partial charge in [0.15, 0.2) is 0 Å². The summed E-state index contributed by atoms with van der Waals surface area (Å²) in [6, 6.07) is 0.453. The van der Waals surface area contributed by atoms with Gasteiger partial charge in [0, 0.05) is 6.04 Å². The van der Waals surface area contributed by atoms with Gasteiger partial charge in [0.05, 0.1) is 0 Å². The number of nitrogens with two attached hydrogens (primary N) is 1. The molecule has 84 valence electrons. The largest absolute Gasteiger partial charge is 0.327 e. The first-order chi connectivity index (χ1) is 7.31. The lowest BCUT2D eigenvalue weighted by atomic mass is 9.81. The van der Waals surface area contributed by atoms with Gasteiger partial charge >= 0.3 is 0 Å². The number of hydrogen-bond acceptors (Lipinski definition) is 1. The Morgan fingerprint density at radius 1 is 1.20 bits per heavy atom. The molecule has 2 N–H and O–H groups in total. The van der Waals surface area contributed by atoms with Crippen LogP contribution in [0.15, 0.2) is 11.6 Å². The van der Waals surface area contributed by atoms with Gasteiger partial charge in [-0.15, -0.1) is 0 Å². The molecule has 1 heteroatoms. The van der Waals surface area contributed by atoms with Crippen LogP contribution >= 0.6 is 0 Å². The smallest absolute Gasteiger partial charge is 0.00765 e. The molecule has 0 aromatic carbocycles. The molecular formula is C14H23N. The minimum atomic E-state index is 0.453. The first kappa shape index (κ1) is 9.89. The molecular weight excluding hydrogens is 182 g/mol. The third-order valence-electron chi connectivity index (χ3n) is 4.95. The molecule has 2 bridgehead atoms. The normalized spacial score (nSPS) is 44.5.